The van der Waals surface area contributed by atoms with Crippen LogP contribution < -0.4 is 10.1 Å². The number of aliphatic hydroxyl groups excluding tert-OH is 1. The minimum absolute atomic E-state index is 0.0455. The average Bonchev–Trinajstić information content (AvgIpc) is 2.54. The second-order valence-corrected chi connectivity index (χ2v) is 5.23. The number of rotatable bonds is 7. The largest absolute Gasteiger partial charge is 0.496 e. The second kappa shape index (κ2) is 7.81. The molecule has 0 bridgehead atoms. The molecule has 0 heterocycles. The third-order valence-electron chi connectivity index (χ3n) is 3.59. The van der Waals surface area contributed by atoms with Crippen LogP contribution in [0.25, 0.3) is 0 Å². The van der Waals surface area contributed by atoms with E-state index in [1.165, 1.54) is 5.56 Å². The van der Waals surface area contributed by atoms with Gasteiger partial charge in [0.05, 0.1) is 19.8 Å². The lowest BCUT2D eigenvalue weighted by Crippen LogP contribution is -2.34. The molecule has 2 rings (SSSR count). The van der Waals surface area contributed by atoms with Gasteiger partial charge < -0.3 is 15.2 Å². The van der Waals surface area contributed by atoms with Gasteiger partial charge in [-0.3, -0.25) is 0 Å². The molecule has 21 heavy (non-hydrogen) atoms. The van der Waals surface area contributed by atoms with E-state index in [1.54, 1.807) is 7.11 Å². The summed E-state index contributed by atoms with van der Waals surface area (Å²) >= 11 is 0. The summed E-state index contributed by atoms with van der Waals surface area (Å²) in [7, 11) is 1.69. The van der Waals surface area contributed by atoms with Crippen LogP contribution >= 0.6 is 0 Å². The maximum atomic E-state index is 9.61. The summed E-state index contributed by atoms with van der Waals surface area (Å²) in [6, 6.07) is 18.3. The zero-order chi connectivity index (χ0) is 15.1. The summed E-state index contributed by atoms with van der Waals surface area (Å²) in [4.78, 5) is 0. The summed E-state index contributed by atoms with van der Waals surface area (Å²) in [5.41, 5.74) is 2.27. The first-order valence-electron chi connectivity index (χ1n) is 7.28. The van der Waals surface area contributed by atoms with Gasteiger partial charge in [0.2, 0.25) is 0 Å². The topological polar surface area (TPSA) is 41.5 Å². The molecule has 0 aliphatic carbocycles. The lowest BCUT2D eigenvalue weighted by Gasteiger charge is -2.23. The van der Waals surface area contributed by atoms with Crippen molar-refractivity contribution in [2.24, 2.45) is 0 Å². The van der Waals surface area contributed by atoms with Crippen molar-refractivity contribution in [3.8, 4) is 5.75 Å². The number of benzene rings is 2. The van der Waals surface area contributed by atoms with E-state index >= 15 is 0 Å². The normalized spacial score (nSPS) is 13.7. The van der Waals surface area contributed by atoms with Gasteiger partial charge in [0.25, 0.3) is 0 Å². The van der Waals surface area contributed by atoms with Crippen LogP contribution in [0.5, 0.6) is 5.75 Å². The zero-order valence-electron chi connectivity index (χ0n) is 12.6. The van der Waals surface area contributed by atoms with Gasteiger partial charge in [-0.1, -0.05) is 48.5 Å². The molecule has 0 spiro atoms. The smallest absolute Gasteiger partial charge is 0.122 e. The maximum absolute atomic E-state index is 9.61. The molecule has 0 aliphatic rings. The molecular weight excluding hydrogens is 262 g/mol. The van der Waals surface area contributed by atoms with Gasteiger partial charge in [0, 0.05) is 6.04 Å². The average molecular weight is 285 g/mol. The fourth-order valence-electron chi connectivity index (χ4n) is 2.54. The van der Waals surface area contributed by atoms with E-state index in [9.17, 15) is 5.11 Å². The Balaban J connectivity index is 2.01. The number of para-hydroxylation sites is 1. The Bertz CT molecular complexity index is 542. The fraction of sp³-hybridized carbons (Fsp3) is 0.333. The van der Waals surface area contributed by atoms with Gasteiger partial charge in [-0.2, -0.15) is 0 Å². The molecule has 2 atom stereocenters. The Morgan fingerprint density at radius 3 is 2.38 bits per heavy atom. The molecule has 2 unspecified atom stereocenters. The van der Waals surface area contributed by atoms with E-state index in [4.69, 9.17) is 4.74 Å². The lowest BCUT2D eigenvalue weighted by atomic mass is 10.0. The monoisotopic (exact) mass is 285 g/mol. The van der Waals surface area contributed by atoms with Crippen molar-refractivity contribution in [2.45, 2.75) is 25.4 Å². The van der Waals surface area contributed by atoms with Gasteiger partial charge in [-0.15, -0.1) is 0 Å². The van der Waals surface area contributed by atoms with E-state index in [1.807, 2.05) is 48.5 Å². The van der Waals surface area contributed by atoms with Gasteiger partial charge in [-0.25, -0.2) is 0 Å². The number of nitrogens with one attached hydrogen (secondary N) is 1. The van der Waals surface area contributed by atoms with Crippen molar-refractivity contribution in [2.75, 3.05) is 13.7 Å². The van der Waals surface area contributed by atoms with E-state index in [0.29, 0.717) is 0 Å². The van der Waals surface area contributed by atoms with Crippen molar-refractivity contribution in [3.63, 3.8) is 0 Å². The summed E-state index contributed by atoms with van der Waals surface area (Å²) in [5.74, 6) is 0.909. The lowest BCUT2D eigenvalue weighted by molar-refractivity contribution is 0.234. The molecule has 0 radical (unpaired) electrons. The molecular formula is C18H23NO2. The van der Waals surface area contributed by atoms with Crippen molar-refractivity contribution < 1.29 is 9.84 Å². The van der Waals surface area contributed by atoms with Gasteiger partial charge >= 0.3 is 0 Å². The Hall–Kier alpha value is -1.84. The Labute approximate surface area is 126 Å². The number of aliphatic hydroxyl groups is 1. The molecule has 0 saturated heterocycles. The van der Waals surface area contributed by atoms with E-state index in [2.05, 4.69) is 18.3 Å². The number of methoxy groups -OCH3 is 1. The summed E-state index contributed by atoms with van der Waals surface area (Å²) < 4.78 is 5.38. The van der Waals surface area contributed by atoms with Crippen LogP contribution in [0.3, 0.4) is 0 Å². The first-order chi connectivity index (χ1) is 10.2. The van der Waals surface area contributed by atoms with E-state index < -0.39 is 0 Å². The van der Waals surface area contributed by atoms with Crippen molar-refractivity contribution in [1.82, 2.24) is 5.32 Å². The van der Waals surface area contributed by atoms with Crippen molar-refractivity contribution in [1.29, 1.82) is 0 Å². The second-order valence-electron chi connectivity index (χ2n) is 5.23. The molecule has 0 saturated carbocycles. The van der Waals surface area contributed by atoms with Crippen LogP contribution in [0.1, 0.15) is 24.1 Å². The predicted molar refractivity (Wildman–Crippen MR) is 85.6 cm³/mol. The third-order valence-corrected chi connectivity index (χ3v) is 3.59. The minimum atomic E-state index is -0.0455. The summed E-state index contributed by atoms with van der Waals surface area (Å²) in [6.45, 7) is 2.21. The quantitative estimate of drug-likeness (QED) is 0.822. The third kappa shape index (κ3) is 4.31. The zero-order valence-corrected chi connectivity index (χ0v) is 12.6. The summed E-state index contributed by atoms with van der Waals surface area (Å²) in [5, 5.41) is 13.1. The van der Waals surface area contributed by atoms with Crippen LogP contribution in [0.2, 0.25) is 0 Å². The highest BCUT2D eigenvalue weighted by atomic mass is 16.5. The Kier molecular flexibility index (Phi) is 5.78. The van der Waals surface area contributed by atoms with Crippen molar-refractivity contribution >= 4 is 0 Å². The number of hydrogen-bond acceptors (Lipinski definition) is 3. The van der Waals surface area contributed by atoms with Gasteiger partial charge in [-0.05, 0) is 30.5 Å². The van der Waals surface area contributed by atoms with Crippen LogP contribution in [0, 0.1) is 0 Å². The molecule has 0 amide bonds. The number of ether oxygens (including phenoxy) is 1. The van der Waals surface area contributed by atoms with E-state index in [-0.39, 0.29) is 18.7 Å². The molecule has 0 fully saturated rings. The van der Waals surface area contributed by atoms with Crippen molar-refractivity contribution in [3.05, 3.63) is 65.7 Å². The van der Waals surface area contributed by atoms with Crippen LogP contribution in [-0.2, 0) is 6.42 Å². The Morgan fingerprint density at radius 2 is 1.71 bits per heavy atom. The van der Waals surface area contributed by atoms with E-state index in [0.717, 1.165) is 17.7 Å². The van der Waals surface area contributed by atoms with Crippen LogP contribution in [-0.4, -0.2) is 24.9 Å². The van der Waals surface area contributed by atoms with Crippen LogP contribution in [0.4, 0.5) is 0 Å². The minimum Gasteiger partial charge on any atom is -0.496 e. The fourth-order valence-corrected chi connectivity index (χ4v) is 2.54. The Morgan fingerprint density at radius 1 is 1.05 bits per heavy atom. The SMILES string of the molecule is COc1ccccc1CC(C)NC(CO)c1ccccc1. The highest BCUT2D eigenvalue weighted by Gasteiger charge is 2.14. The molecule has 0 aromatic heterocycles. The maximum Gasteiger partial charge on any atom is 0.122 e. The molecule has 0 aliphatic heterocycles. The summed E-state index contributed by atoms with van der Waals surface area (Å²) in [6.07, 6.45) is 0.855. The highest BCUT2D eigenvalue weighted by molar-refractivity contribution is 5.33. The van der Waals surface area contributed by atoms with Gasteiger partial charge in [0.1, 0.15) is 5.75 Å². The molecule has 2 N–H and O–H groups in total. The standard InChI is InChI=1S/C18H23NO2/c1-14(12-16-10-6-7-11-18(16)21-2)19-17(13-20)15-8-4-3-5-9-15/h3-11,14,17,19-20H,12-13H2,1-2H3. The molecule has 2 aromatic rings. The molecule has 3 nitrogen and oxygen atoms in total. The highest BCUT2D eigenvalue weighted by Crippen LogP contribution is 2.20. The molecule has 2 aromatic carbocycles. The molecule has 112 valence electrons. The predicted octanol–water partition coefficient (Wildman–Crippen LogP) is 2.95. The first kappa shape index (κ1) is 15.5. The van der Waals surface area contributed by atoms with Gasteiger partial charge in [0.15, 0.2) is 0 Å². The molecule has 3 heteroatoms. The first-order valence-corrected chi connectivity index (χ1v) is 7.28. The number of hydrogen-bond donors (Lipinski definition) is 2. The van der Waals surface area contributed by atoms with Crippen LogP contribution in [0.15, 0.2) is 54.6 Å².